The van der Waals surface area contributed by atoms with E-state index in [4.69, 9.17) is 16.9 Å². The fourth-order valence-corrected chi connectivity index (χ4v) is 2.95. The molecule has 0 saturated carbocycles. The number of benzene rings is 2. The third-order valence-corrected chi connectivity index (χ3v) is 4.42. The van der Waals surface area contributed by atoms with Crippen LogP contribution in [-0.2, 0) is 10.0 Å². The van der Waals surface area contributed by atoms with Crippen LogP contribution in [0.4, 0.5) is 11.4 Å². The summed E-state index contributed by atoms with van der Waals surface area (Å²) in [6.45, 7) is 0. The quantitative estimate of drug-likeness (QED) is 0.906. The summed E-state index contributed by atoms with van der Waals surface area (Å²) in [5.41, 5.74) is 1.16. The van der Waals surface area contributed by atoms with E-state index in [9.17, 15) is 8.42 Å². The summed E-state index contributed by atoms with van der Waals surface area (Å²) in [7, 11) is -2.03. The Balaban J connectivity index is 2.37. The molecule has 21 heavy (non-hydrogen) atoms. The van der Waals surface area contributed by atoms with Crippen molar-refractivity contribution in [1.29, 1.82) is 5.26 Å². The topological polar surface area (TPSA) is 82.0 Å². The molecule has 5 nitrogen and oxygen atoms in total. The third-order valence-electron chi connectivity index (χ3n) is 2.80. The Hall–Kier alpha value is -2.23. The van der Waals surface area contributed by atoms with Crippen LogP contribution >= 0.6 is 11.6 Å². The summed E-state index contributed by atoms with van der Waals surface area (Å²) in [4.78, 5) is 0.102. The summed E-state index contributed by atoms with van der Waals surface area (Å²) in [5, 5.41) is 12.3. The van der Waals surface area contributed by atoms with Crippen LogP contribution in [0.5, 0.6) is 0 Å². The minimum absolute atomic E-state index is 0.102. The van der Waals surface area contributed by atoms with Crippen LogP contribution in [0.3, 0.4) is 0 Å². The average Bonchev–Trinajstić information content (AvgIpc) is 2.47. The fourth-order valence-electron chi connectivity index (χ4n) is 1.70. The highest BCUT2D eigenvalue weighted by molar-refractivity contribution is 7.92. The molecule has 0 radical (unpaired) electrons. The van der Waals surface area contributed by atoms with Crippen molar-refractivity contribution >= 4 is 33.0 Å². The Bertz CT molecular complexity index is 796. The van der Waals surface area contributed by atoms with Gasteiger partial charge in [0, 0.05) is 17.8 Å². The van der Waals surface area contributed by atoms with E-state index in [2.05, 4.69) is 10.0 Å². The van der Waals surface area contributed by atoms with Gasteiger partial charge < -0.3 is 5.32 Å². The Morgan fingerprint density at radius 1 is 1.14 bits per heavy atom. The second-order valence-electron chi connectivity index (χ2n) is 4.18. The first-order valence-electron chi connectivity index (χ1n) is 5.96. The Kier molecular flexibility index (Phi) is 4.36. The van der Waals surface area contributed by atoms with Gasteiger partial charge in [0.25, 0.3) is 10.0 Å². The van der Waals surface area contributed by atoms with E-state index in [0.717, 1.165) is 5.69 Å². The highest BCUT2D eigenvalue weighted by Gasteiger charge is 2.16. The van der Waals surface area contributed by atoms with E-state index >= 15 is 0 Å². The maximum absolute atomic E-state index is 12.3. The van der Waals surface area contributed by atoms with Crippen LogP contribution in [0.2, 0.25) is 5.02 Å². The zero-order valence-corrected chi connectivity index (χ0v) is 12.7. The molecule has 0 amide bonds. The van der Waals surface area contributed by atoms with Gasteiger partial charge in [-0.25, -0.2) is 8.42 Å². The highest BCUT2D eigenvalue weighted by Crippen LogP contribution is 2.24. The van der Waals surface area contributed by atoms with Gasteiger partial charge in [0.15, 0.2) is 0 Å². The standard InChI is InChI=1S/C14H12ClN3O2S/c1-17-12-4-6-13(7-5-12)21(19,20)18-14-8-11(15)3-2-10(14)9-16/h2-8,17-18H,1H3. The first-order valence-corrected chi connectivity index (χ1v) is 7.82. The van der Waals surface area contributed by atoms with Crippen LogP contribution in [0.15, 0.2) is 47.4 Å². The lowest BCUT2D eigenvalue weighted by Gasteiger charge is -2.10. The predicted molar refractivity (Wildman–Crippen MR) is 83.0 cm³/mol. The molecule has 0 aliphatic rings. The molecule has 0 aliphatic carbocycles. The van der Waals surface area contributed by atoms with Crippen molar-refractivity contribution in [2.45, 2.75) is 4.90 Å². The van der Waals surface area contributed by atoms with Gasteiger partial charge in [0.2, 0.25) is 0 Å². The lowest BCUT2D eigenvalue weighted by Crippen LogP contribution is -2.13. The molecule has 2 N–H and O–H groups in total. The van der Waals surface area contributed by atoms with Gasteiger partial charge in [-0.1, -0.05) is 11.6 Å². The van der Waals surface area contributed by atoms with E-state index in [1.54, 1.807) is 19.2 Å². The molecule has 0 bridgehead atoms. The number of halogens is 1. The van der Waals surface area contributed by atoms with E-state index < -0.39 is 10.0 Å². The molecule has 0 spiro atoms. The first kappa shape index (κ1) is 15.2. The minimum atomic E-state index is -3.78. The van der Waals surface area contributed by atoms with E-state index in [1.807, 2.05) is 6.07 Å². The summed E-state index contributed by atoms with van der Waals surface area (Å²) in [6, 6.07) is 12.6. The van der Waals surface area contributed by atoms with Crippen LogP contribution in [0.1, 0.15) is 5.56 Å². The van der Waals surface area contributed by atoms with Gasteiger partial charge >= 0.3 is 0 Å². The molecule has 0 unspecified atom stereocenters. The van der Waals surface area contributed by atoms with Gasteiger partial charge in [-0.15, -0.1) is 0 Å². The van der Waals surface area contributed by atoms with Crippen molar-refractivity contribution in [2.24, 2.45) is 0 Å². The monoisotopic (exact) mass is 321 g/mol. The second kappa shape index (κ2) is 6.04. The van der Waals surface area contributed by atoms with Gasteiger partial charge in [0.05, 0.1) is 16.1 Å². The van der Waals surface area contributed by atoms with Crippen molar-refractivity contribution in [1.82, 2.24) is 0 Å². The second-order valence-corrected chi connectivity index (χ2v) is 6.30. The minimum Gasteiger partial charge on any atom is -0.388 e. The molecular formula is C14H12ClN3O2S. The number of nitrogens with one attached hydrogen (secondary N) is 2. The first-order chi connectivity index (χ1) is 9.96. The Morgan fingerprint density at radius 2 is 1.81 bits per heavy atom. The van der Waals surface area contributed by atoms with Crippen LogP contribution < -0.4 is 10.0 Å². The van der Waals surface area contributed by atoms with Gasteiger partial charge in [-0.05, 0) is 42.5 Å². The summed E-state index contributed by atoms with van der Waals surface area (Å²) in [5.74, 6) is 0. The number of sulfonamides is 1. The van der Waals surface area contributed by atoms with Crippen molar-refractivity contribution in [2.75, 3.05) is 17.1 Å². The SMILES string of the molecule is CNc1ccc(S(=O)(=O)Nc2cc(Cl)ccc2C#N)cc1. The van der Waals surface area contributed by atoms with Crippen LogP contribution in [-0.4, -0.2) is 15.5 Å². The molecule has 7 heteroatoms. The molecule has 108 valence electrons. The molecule has 0 fully saturated rings. The van der Waals surface area contributed by atoms with Gasteiger partial charge in [0.1, 0.15) is 6.07 Å². The molecular weight excluding hydrogens is 310 g/mol. The summed E-state index contributed by atoms with van der Waals surface area (Å²) in [6.07, 6.45) is 0. The van der Waals surface area contributed by atoms with Gasteiger partial charge in [-0.2, -0.15) is 5.26 Å². The number of hydrogen-bond donors (Lipinski definition) is 2. The summed E-state index contributed by atoms with van der Waals surface area (Å²) >= 11 is 5.84. The lowest BCUT2D eigenvalue weighted by atomic mass is 10.2. The molecule has 2 rings (SSSR count). The number of nitriles is 1. The molecule has 0 aromatic heterocycles. The van der Waals surface area contributed by atoms with Crippen molar-refractivity contribution in [3.05, 3.63) is 53.1 Å². The number of nitrogens with zero attached hydrogens (tertiary/aromatic N) is 1. The van der Waals surface area contributed by atoms with E-state index in [0.29, 0.717) is 5.02 Å². The van der Waals surface area contributed by atoms with Crippen molar-refractivity contribution in [3.8, 4) is 6.07 Å². The zero-order chi connectivity index (χ0) is 15.5. The number of hydrogen-bond acceptors (Lipinski definition) is 4. The van der Waals surface area contributed by atoms with E-state index in [-0.39, 0.29) is 16.1 Å². The molecule has 0 atom stereocenters. The normalized spacial score (nSPS) is 10.7. The maximum atomic E-state index is 12.3. The molecule has 2 aromatic carbocycles. The molecule has 0 heterocycles. The van der Waals surface area contributed by atoms with Crippen LogP contribution in [0.25, 0.3) is 0 Å². The average molecular weight is 322 g/mol. The van der Waals surface area contributed by atoms with Crippen molar-refractivity contribution in [3.63, 3.8) is 0 Å². The number of rotatable bonds is 4. The van der Waals surface area contributed by atoms with Crippen LogP contribution in [0, 0.1) is 11.3 Å². The highest BCUT2D eigenvalue weighted by atomic mass is 35.5. The molecule has 0 aliphatic heterocycles. The Labute approximate surface area is 128 Å². The van der Waals surface area contributed by atoms with E-state index in [1.165, 1.54) is 30.3 Å². The Morgan fingerprint density at radius 3 is 2.38 bits per heavy atom. The maximum Gasteiger partial charge on any atom is 0.261 e. The van der Waals surface area contributed by atoms with Gasteiger partial charge in [-0.3, -0.25) is 4.72 Å². The largest absolute Gasteiger partial charge is 0.388 e. The number of anilines is 2. The van der Waals surface area contributed by atoms with Crippen molar-refractivity contribution < 1.29 is 8.42 Å². The fraction of sp³-hybridized carbons (Fsp3) is 0.0714. The molecule has 0 saturated heterocycles. The summed E-state index contributed by atoms with van der Waals surface area (Å²) < 4.78 is 27.0. The predicted octanol–water partition coefficient (Wildman–Crippen LogP) is 3.05. The zero-order valence-electron chi connectivity index (χ0n) is 11.1. The lowest BCUT2D eigenvalue weighted by molar-refractivity contribution is 0.601. The third kappa shape index (κ3) is 3.45. The smallest absolute Gasteiger partial charge is 0.261 e. The molecule has 2 aromatic rings.